The largest absolute Gasteiger partial charge is 0.376 e. The Kier molecular flexibility index (Phi) is 5.32. The summed E-state index contributed by atoms with van der Waals surface area (Å²) in [5.41, 5.74) is 1.52. The molecular formula is C15H22N6O3S. The van der Waals surface area contributed by atoms with Crippen LogP contribution in [0.15, 0.2) is 12.7 Å². The second-order valence-corrected chi connectivity index (χ2v) is 6.66. The zero-order chi connectivity index (χ0) is 17.1. The van der Waals surface area contributed by atoms with Crippen LogP contribution in [0.4, 0.5) is 5.82 Å². The van der Waals surface area contributed by atoms with Crippen LogP contribution in [0.2, 0.25) is 0 Å². The highest BCUT2D eigenvalue weighted by Crippen LogP contribution is 2.31. The molecule has 0 amide bonds. The molecule has 0 spiro atoms. The van der Waals surface area contributed by atoms with Crippen molar-refractivity contribution < 1.29 is 13.7 Å². The van der Waals surface area contributed by atoms with Crippen LogP contribution in [0, 0.1) is 0 Å². The quantitative estimate of drug-likeness (QED) is 0.558. The third-order valence-corrected chi connectivity index (χ3v) is 4.87. The first-order valence-electron chi connectivity index (χ1n) is 8.52. The molecule has 0 aliphatic carbocycles. The molecule has 0 saturated carbocycles. The van der Waals surface area contributed by atoms with E-state index in [4.69, 9.17) is 18.8 Å². The highest BCUT2D eigenvalue weighted by molar-refractivity contribution is 7.92. The maximum Gasteiger partial charge on any atom is 0.167 e. The van der Waals surface area contributed by atoms with Gasteiger partial charge in [0.15, 0.2) is 17.0 Å². The Morgan fingerprint density at radius 3 is 3.08 bits per heavy atom. The molecule has 2 saturated heterocycles. The zero-order valence-electron chi connectivity index (χ0n) is 13.8. The van der Waals surface area contributed by atoms with Crippen molar-refractivity contribution in [3.8, 4) is 0 Å². The van der Waals surface area contributed by atoms with E-state index in [2.05, 4.69) is 20.3 Å². The van der Waals surface area contributed by atoms with Crippen LogP contribution in [0.5, 0.6) is 0 Å². The van der Waals surface area contributed by atoms with E-state index in [-0.39, 0.29) is 18.4 Å². The summed E-state index contributed by atoms with van der Waals surface area (Å²) < 4.78 is 18.8. The summed E-state index contributed by atoms with van der Waals surface area (Å²) in [6, 6.07) is 0. The minimum Gasteiger partial charge on any atom is -0.376 e. The number of anilines is 1. The lowest BCUT2D eigenvalue weighted by Crippen LogP contribution is -2.19. The minimum atomic E-state index is -0.0951. The molecule has 0 bridgehead atoms. The average Bonchev–Trinajstić information content (AvgIpc) is 3.37. The van der Waals surface area contributed by atoms with Crippen molar-refractivity contribution in [2.24, 2.45) is 5.14 Å². The van der Waals surface area contributed by atoms with E-state index in [9.17, 15) is 0 Å². The van der Waals surface area contributed by atoms with Crippen LogP contribution in [0.25, 0.3) is 11.2 Å². The molecule has 136 valence electrons. The molecule has 4 heterocycles. The number of fused-ring (bicyclic) bond motifs is 1. The predicted octanol–water partition coefficient (Wildman–Crippen LogP) is 1.63. The molecule has 2 fully saturated rings. The molecule has 0 radical (unpaired) electrons. The lowest BCUT2D eigenvalue weighted by molar-refractivity contribution is -0.0128. The molecule has 2 aromatic rings. The van der Waals surface area contributed by atoms with E-state index in [0.717, 1.165) is 68.0 Å². The number of nitrogens with one attached hydrogen (secondary N) is 1. The number of nitrogens with two attached hydrogens (primary N) is 1. The summed E-state index contributed by atoms with van der Waals surface area (Å²) in [5, 5.41) is 8.63. The summed E-state index contributed by atoms with van der Waals surface area (Å²) in [7, 11) is 0. The summed E-state index contributed by atoms with van der Waals surface area (Å²) in [6.07, 6.45) is 7.51. The maximum absolute atomic E-state index is 6.03. The average molecular weight is 366 g/mol. The lowest BCUT2D eigenvalue weighted by Gasteiger charge is -2.15. The summed E-state index contributed by atoms with van der Waals surface area (Å²) in [5.74, 6) is 0.733. The van der Waals surface area contributed by atoms with Gasteiger partial charge in [0.05, 0.1) is 37.4 Å². The Bertz CT molecular complexity index is 708. The third kappa shape index (κ3) is 3.72. The van der Waals surface area contributed by atoms with Gasteiger partial charge in [0.25, 0.3) is 0 Å². The molecule has 3 N–H and O–H groups in total. The zero-order valence-corrected chi connectivity index (χ0v) is 14.7. The van der Waals surface area contributed by atoms with E-state index >= 15 is 0 Å². The monoisotopic (exact) mass is 366 g/mol. The Hall–Kier alpha value is -1.46. The fourth-order valence-corrected chi connectivity index (χ4v) is 3.57. The van der Waals surface area contributed by atoms with Crippen molar-refractivity contribution in [3.05, 3.63) is 12.7 Å². The van der Waals surface area contributed by atoms with Crippen LogP contribution < -0.4 is 10.5 Å². The van der Waals surface area contributed by atoms with Crippen LogP contribution >= 0.6 is 12.2 Å². The van der Waals surface area contributed by atoms with Gasteiger partial charge in [-0.1, -0.05) is 0 Å². The second kappa shape index (κ2) is 7.83. The van der Waals surface area contributed by atoms with Crippen molar-refractivity contribution in [2.45, 2.75) is 44.1 Å². The highest BCUT2D eigenvalue weighted by atomic mass is 32.2. The normalized spacial score (nSPS) is 26.5. The van der Waals surface area contributed by atoms with E-state index in [1.54, 1.807) is 12.7 Å². The maximum atomic E-state index is 6.03. The molecule has 2 aromatic heterocycles. The molecule has 3 atom stereocenters. The molecule has 10 heteroatoms. The van der Waals surface area contributed by atoms with Crippen LogP contribution in [0.3, 0.4) is 0 Å². The van der Waals surface area contributed by atoms with E-state index in [1.165, 1.54) is 0 Å². The lowest BCUT2D eigenvalue weighted by atomic mass is 10.2. The van der Waals surface area contributed by atoms with Crippen molar-refractivity contribution in [1.29, 1.82) is 0 Å². The standard InChI is InChI=1S/C15H22N6O3S/c16-25-23-7-11-3-4-12(24-11)21-9-20-13-14(18-8-19-15(13)21)17-6-10-2-1-5-22-10/h8-12H,1-7,16H2,(H,17,18,19). The SMILES string of the molecule is NSOCC1CCC(n2cnc3c(NCC4CCCO4)ncnc32)O1. The number of hydrogen-bond donors (Lipinski definition) is 2. The van der Waals surface area contributed by atoms with Crippen molar-refractivity contribution in [3.63, 3.8) is 0 Å². The van der Waals surface area contributed by atoms with Gasteiger partial charge in [0.2, 0.25) is 0 Å². The molecule has 25 heavy (non-hydrogen) atoms. The number of hydrogen-bond acceptors (Lipinski definition) is 9. The van der Waals surface area contributed by atoms with E-state index < -0.39 is 0 Å². The predicted molar refractivity (Wildman–Crippen MR) is 93.7 cm³/mol. The van der Waals surface area contributed by atoms with Crippen LogP contribution in [-0.2, 0) is 13.7 Å². The summed E-state index contributed by atoms with van der Waals surface area (Å²) in [6.45, 7) is 2.05. The molecular weight excluding hydrogens is 344 g/mol. The van der Waals surface area contributed by atoms with Crippen molar-refractivity contribution in [1.82, 2.24) is 19.5 Å². The second-order valence-electron chi connectivity index (χ2n) is 6.23. The first-order valence-corrected chi connectivity index (χ1v) is 9.32. The van der Waals surface area contributed by atoms with Gasteiger partial charge in [0, 0.05) is 13.2 Å². The van der Waals surface area contributed by atoms with Gasteiger partial charge >= 0.3 is 0 Å². The van der Waals surface area contributed by atoms with Gasteiger partial charge < -0.3 is 14.8 Å². The number of imidazole rings is 1. The first kappa shape index (κ1) is 17.0. The topological polar surface area (TPSA) is 109 Å². The van der Waals surface area contributed by atoms with E-state index in [0.29, 0.717) is 6.61 Å². The number of rotatable bonds is 7. The molecule has 9 nitrogen and oxygen atoms in total. The first-order chi connectivity index (χ1) is 12.3. The van der Waals surface area contributed by atoms with Gasteiger partial charge in [-0.2, -0.15) is 0 Å². The Balaban J connectivity index is 1.47. The molecule has 4 rings (SSSR count). The fourth-order valence-electron chi connectivity index (χ4n) is 3.34. The number of aromatic nitrogens is 4. The molecule has 0 aromatic carbocycles. The van der Waals surface area contributed by atoms with Crippen LogP contribution in [-0.4, -0.2) is 51.5 Å². The smallest absolute Gasteiger partial charge is 0.167 e. The van der Waals surface area contributed by atoms with Crippen molar-refractivity contribution >= 4 is 29.2 Å². The fraction of sp³-hybridized carbons (Fsp3) is 0.667. The number of ether oxygens (including phenoxy) is 2. The Labute approximate surface area is 150 Å². The Morgan fingerprint density at radius 2 is 2.24 bits per heavy atom. The van der Waals surface area contributed by atoms with Gasteiger partial charge in [-0.15, -0.1) is 0 Å². The minimum absolute atomic E-state index is 0.0393. The molecule has 3 unspecified atom stereocenters. The third-order valence-electron chi connectivity index (χ3n) is 4.60. The van der Waals surface area contributed by atoms with Crippen LogP contribution in [0.1, 0.15) is 31.9 Å². The van der Waals surface area contributed by atoms with Gasteiger partial charge in [-0.3, -0.25) is 13.9 Å². The van der Waals surface area contributed by atoms with Crippen molar-refractivity contribution in [2.75, 3.05) is 25.1 Å². The van der Waals surface area contributed by atoms with E-state index in [1.807, 2.05) is 4.57 Å². The van der Waals surface area contributed by atoms with Gasteiger partial charge in [-0.25, -0.2) is 15.0 Å². The number of nitrogens with zero attached hydrogens (tertiary/aromatic N) is 4. The molecule has 2 aliphatic rings. The summed E-state index contributed by atoms with van der Waals surface area (Å²) >= 11 is 0.869. The highest BCUT2D eigenvalue weighted by Gasteiger charge is 2.28. The van der Waals surface area contributed by atoms with Gasteiger partial charge in [0.1, 0.15) is 12.6 Å². The molecule has 2 aliphatic heterocycles. The van der Waals surface area contributed by atoms with Gasteiger partial charge in [-0.05, 0) is 25.7 Å². The Morgan fingerprint density at radius 1 is 1.28 bits per heavy atom. The summed E-state index contributed by atoms with van der Waals surface area (Å²) in [4.78, 5) is 13.2.